The molecule has 5 nitrogen and oxygen atoms in total. The van der Waals surface area contributed by atoms with Crippen molar-refractivity contribution in [3.63, 3.8) is 0 Å². The third-order valence-corrected chi connectivity index (χ3v) is 9.06. The lowest BCUT2D eigenvalue weighted by Gasteiger charge is -2.37. The number of hydrogen-bond donors (Lipinski definition) is 2. The average Bonchev–Trinajstić information content (AvgIpc) is 3.78. The highest BCUT2D eigenvalue weighted by atomic mass is 19.1. The van der Waals surface area contributed by atoms with Crippen LogP contribution in [-0.4, -0.2) is 16.8 Å². The van der Waals surface area contributed by atoms with E-state index in [2.05, 4.69) is 46.9 Å². The number of carbonyl (C=O) groups excluding carboxylic acids is 2. The Morgan fingerprint density at radius 2 is 1.49 bits per heavy atom. The Bertz CT molecular complexity index is 1600. The van der Waals surface area contributed by atoms with Crippen molar-refractivity contribution in [3.8, 4) is 5.75 Å². The van der Waals surface area contributed by atoms with Gasteiger partial charge in [-0.25, -0.2) is 4.39 Å². The first-order chi connectivity index (χ1) is 20.2. The number of benzene rings is 3. The zero-order valence-corrected chi connectivity index (χ0v) is 25.9. The number of amides is 1. The van der Waals surface area contributed by atoms with Crippen molar-refractivity contribution < 1.29 is 19.1 Å². The van der Waals surface area contributed by atoms with Crippen molar-refractivity contribution in [2.75, 3.05) is 10.2 Å². The second-order valence-electron chi connectivity index (χ2n) is 14.5. The molecule has 1 heterocycles. The smallest absolute Gasteiger partial charge is 0.231 e. The summed E-state index contributed by atoms with van der Waals surface area (Å²) in [5, 5.41) is 15.1. The largest absolute Gasteiger partial charge is 0.507 e. The van der Waals surface area contributed by atoms with Gasteiger partial charge in [-0.2, -0.15) is 0 Å². The molecule has 1 fully saturated rings. The highest BCUT2D eigenvalue weighted by Gasteiger charge is 2.45. The standard InChI is InChI=1S/C37H41FN2O3/c1-36(2,3)26-17-24(18-27(34(26)42)37(4,5)6)33-32-29(19-23(20-31(32)41)21-13-15-25(38)16-14-21)39-28-9-7-8-10-30(28)40(33)35(43)22-11-12-22/h7-10,13-18,22-23,33,39,42H,11-12,19-20H2,1-6H3. The summed E-state index contributed by atoms with van der Waals surface area (Å²) in [6, 6.07) is 17.5. The number of Topliss-reactive ketones (excluding diaryl/α,β-unsaturated/α-hetero) is 1. The number of ketones is 1. The first kappa shape index (κ1) is 29.2. The van der Waals surface area contributed by atoms with Gasteiger partial charge in [-0.3, -0.25) is 14.5 Å². The second kappa shape index (κ2) is 10.4. The van der Waals surface area contributed by atoms with Crippen LogP contribution >= 0.6 is 0 Å². The maximum atomic E-state index is 14.4. The zero-order chi connectivity index (χ0) is 30.8. The van der Waals surface area contributed by atoms with Crippen molar-refractivity contribution >= 4 is 23.1 Å². The van der Waals surface area contributed by atoms with E-state index in [4.69, 9.17) is 0 Å². The molecule has 3 aromatic carbocycles. The van der Waals surface area contributed by atoms with Crippen LogP contribution in [0.2, 0.25) is 0 Å². The normalized spacial score (nSPS) is 20.7. The van der Waals surface area contributed by atoms with Crippen molar-refractivity contribution in [2.24, 2.45) is 5.92 Å². The topological polar surface area (TPSA) is 69.6 Å². The third kappa shape index (κ3) is 5.37. The number of halogens is 1. The Morgan fingerprint density at radius 3 is 2.07 bits per heavy atom. The number of phenolic OH excluding ortho intramolecular Hbond substituents is 1. The third-order valence-electron chi connectivity index (χ3n) is 9.06. The Morgan fingerprint density at radius 1 is 0.884 bits per heavy atom. The van der Waals surface area contributed by atoms with Crippen LogP contribution in [0.3, 0.4) is 0 Å². The summed E-state index contributed by atoms with van der Waals surface area (Å²) in [7, 11) is 0. The van der Waals surface area contributed by atoms with E-state index in [9.17, 15) is 19.1 Å². The van der Waals surface area contributed by atoms with Gasteiger partial charge >= 0.3 is 0 Å². The van der Waals surface area contributed by atoms with E-state index in [-0.39, 0.29) is 52.3 Å². The zero-order valence-electron chi connectivity index (χ0n) is 25.9. The van der Waals surface area contributed by atoms with Crippen molar-refractivity contribution in [2.45, 2.75) is 90.0 Å². The van der Waals surface area contributed by atoms with Crippen molar-refractivity contribution in [3.05, 3.63) is 100 Å². The lowest BCUT2D eigenvalue weighted by molar-refractivity contribution is -0.120. The molecular formula is C37H41FN2O3. The first-order valence-electron chi connectivity index (χ1n) is 15.3. The van der Waals surface area contributed by atoms with Crippen molar-refractivity contribution in [1.29, 1.82) is 0 Å². The molecule has 0 radical (unpaired) electrons. The summed E-state index contributed by atoms with van der Waals surface area (Å²) in [6.45, 7) is 12.4. The van der Waals surface area contributed by atoms with E-state index in [1.54, 1.807) is 12.1 Å². The molecule has 2 N–H and O–H groups in total. The molecular weight excluding hydrogens is 539 g/mol. The molecule has 3 aliphatic rings. The second-order valence-corrected chi connectivity index (χ2v) is 14.5. The number of aromatic hydroxyl groups is 1. The SMILES string of the molecule is CC(C)(C)c1cc(C2C3=C(CC(c4ccc(F)cc4)CC3=O)Nc3ccccc3N2C(=O)C2CC2)cc(C(C)(C)C)c1O. The van der Waals surface area contributed by atoms with Crippen LogP contribution in [0.4, 0.5) is 15.8 Å². The fourth-order valence-corrected chi connectivity index (χ4v) is 6.60. The number of allylic oxidation sites excluding steroid dienone is 1. The van der Waals surface area contributed by atoms with E-state index in [1.807, 2.05) is 41.3 Å². The van der Waals surface area contributed by atoms with Crippen LogP contribution in [0, 0.1) is 11.7 Å². The maximum Gasteiger partial charge on any atom is 0.231 e. The van der Waals surface area contributed by atoms with E-state index in [0.29, 0.717) is 12.0 Å². The van der Waals surface area contributed by atoms with Gasteiger partial charge in [0.2, 0.25) is 5.91 Å². The molecule has 6 rings (SSSR count). The van der Waals surface area contributed by atoms with E-state index in [0.717, 1.165) is 52.2 Å². The van der Waals surface area contributed by atoms with E-state index < -0.39 is 6.04 Å². The lowest BCUT2D eigenvalue weighted by Crippen LogP contribution is -2.39. The van der Waals surface area contributed by atoms with Crippen LogP contribution in [-0.2, 0) is 20.4 Å². The molecule has 43 heavy (non-hydrogen) atoms. The predicted molar refractivity (Wildman–Crippen MR) is 169 cm³/mol. The average molecular weight is 581 g/mol. The minimum Gasteiger partial charge on any atom is -0.507 e. The molecule has 2 unspecified atom stereocenters. The molecule has 0 bridgehead atoms. The molecule has 0 saturated heterocycles. The summed E-state index contributed by atoms with van der Waals surface area (Å²) < 4.78 is 13.8. The summed E-state index contributed by atoms with van der Waals surface area (Å²) >= 11 is 0. The van der Waals surface area contributed by atoms with Gasteiger partial charge in [-0.1, -0.05) is 65.8 Å². The van der Waals surface area contributed by atoms with Gasteiger partial charge in [0.15, 0.2) is 5.78 Å². The highest BCUT2D eigenvalue weighted by Crippen LogP contribution is 2.51. The number of rotatable bonds is 3. The first-order valence-corrected chi connectivity index (χ1v) is 15.3. The van der Waals surface area contributed by atoms with E-state index in [1.165, 1.54) is 12.1 Å². The van der Waals surface area contributed by atoms with Gasteiger partial charge < -0.3 is 10.4 Å². The van der Waals surface area contributed by atoms with Crippen LogP contribution in [0.15, 0.2) is 71.9 Å². The molecule has 3 aromatic rings. The Hall–Kier alpha value is -3.93. The van der Waals surface area contributed by atoms with Gasteiger partial charge in [-0.15, -0.1) is 0 Å². The van der Waals surface area contributed by atoms with Gasteiger partial charge in [0.1, 0.15) is 11.6 Å². The van der Waals surface area contributed by atoms with E-state index >= 15 is 0 Å². The fraction of sp³-hybridized carbons (Fsp3) is 0.405. The highest BCUT2D eigenvalue weighted by molar-refractivity contribution is 6.07. The van der Waals surface area contributed by atoms with Gasteiger partial charge in [0, 0.05) is 23.6 Å². The van der Waals surface area contributed by atoms with Gasteiger partial charge in [-0.05, 0) is 94.7 Å². The number of hydrogen-bond acceptors (Lipinski definition) is 4. The van der Waals surface area contributed by atoms with Crippen LogP contribution in [0.1, 0.15) is 101 Å². The fourth-order valence-electron chi connectivity index (χ4n) is 6.60. The molecule has 1 aliphatic heterocycles. The summed E-state index contributed by atoms with van der Waals surface area (Å²) in [5.74, 6) is -0.256. The molecule has 2 atom stereocenters. The number of phenols is 1. The van der Waals surface area contributed by atoms with Crippen LogP contribution in [0.5, 0.6) is 5.75 Å². The summed E-state index contributed by atoms with van der Waals surface area (Å²) in [5.41, 5.74) is 5.45. The Kier molecular flexibility index (Phi) is 7.02. The summed E-state index contributed by atoms with van der Waals surface area (Å²) in [4.78, 5) is 30.5. The van der Waals surface area contributed by atoms with Gasteiger partial charge in [0.05, 0.1) is 17.4 Å². The van der Waals surface area contributed by atoms with Gasteiger partial charge in [0.25, 0.3) is 0 Å². The number of nitrogens with zero attached hydrogens (tertiary/aromatic N) is 1. The monoisotopic (exact) mass is 580 g/mol. The molecule has 0 aromatic heterocycles. The summed E-state index contributed by atoms with van der Waals surface area (Å²) in [6.07, 6.45) is 2.49. The molecule has 224 valence electrons. The number of carbonyl (C=O) groups is 2. The van der Waals surface area contributed by atoms with Crippen LogP contribution in [0.25, 0.3) is 0 Å². The molecule has 6 heteroatoms. The Balaban J connectivity index is 1.62. The van der Waals surface area contributed by atoms with Crippen molar-refractivity contribution in [1.82, 2.24) is 0 Å². The molecule has 2 aliphatic carbocycles. The number of anilines is 2. The lowest BCUT2D eigenvalue weighted by atomic mass is 9.74. The number of para-hydroxylation sites is 2. The predicted octanol–water partition coefficient (Wildman–Crippen LogP) is 8.44. The molecule has 0 spiro atoms. The molecule has 1 saturated carbocycles. The maximum absolute atomic E-state index is 14.4. The number of fused-ring (bicyclic) bond motifs is 1. The quantitative estimate of drug-likeness (QED) is 0.326. The van der Waals surface area contributed by atoms with Crippen LogP contribution < -0.4 is 10.2 Å². The Labute approximate surface area is 253 Å². The minimum atomic E-state index is -0.663. The minimum absolute atomic E-state index is 0.0177. The molecule has 1 amide bonds. The number of nitrogens with one attached hydrogen (secondary N) is 1.